The largest absolute Gasteiger partial charge is 0.269 e. The van der Waals surface area contributed by atoms with Gasteiger partial charge in [-0.25, -0.2) is 4.39 Å². The Balaban J connectivity index is 2.91. The Bertz CT molecular complexity index is 258. The maximum absolute atomic E-state index is 11.8. The van der Waals surface area contributed by atoms with Crippen LogP contribution in [-0.4, -0.2) is 4.92 Å². The third-order valence-corrected chi connectivity index (χ3v) is 1.23. The highest BCUT2D eigenvalue weighted by atomic mass is 19.1. The minimum Gasteiger partial charge on any atom is -0.258 e. The Morgan fingerprint density at radius 1 is 1.36 bits per heavy atom. The van der Waals surface area contributed by atoms with Gasteiger partial charge in [-0.1, -0.05) is 0 Å². The van der Waals surface area contributed by atoms with Crippen molar-refractivity contribution < 1.29 is 9.31 Å². The highest BCUT2D eigenvalue weighted by Gasteiger charge is 2.02. The summed E-state index contributed by atoms with van der Waals surface area (Å²) in [4.78, 5) is 9.58. The second kappa shape index (κ2) is 3.09. The molecular formula is C7H5FNO2. The molecule has 1 radical (unpaired) electrons. The maximum atomic E-state index is 11.8. The van der Waals surface area contributed by atoms with Crippen molar-refractivity contribution in [1.82, 2.24) is 0 Å². The summed E-state index contributed by atoms with van der Waals surface area (Å²) in [6, 6.07) is 5.20. The Morgan fingerprint density at radius 2 is 1.91 bits per heavy atom. The van der Waals surface area contributed by atoms with Crippen LogP contribution in [0.15, 0.2) is 24.3 Å². The van der Waals surface area contributed by atoms with Gasteiger partial charge in [-0.2, -0.15) is 0 Å². The van der Waals surface area contributed by atoms with Crippen molar-refractivity contribution in [2.24, 2.45) is 0 Å². The molecule has 3 nitrogen and oxygen atoms in total. The molecule has 0 fully saturated rings. The highest BCUT2D eigenvalue weighted by molar-refractivity contribution is 5.34. The van der Waals surface area contributed by atoms with Gasteiger partial charge < -0.3 is 0 Å². The molecule has 0 atom stereocenters. The number of benzene rings is 1. The molecule has 0 bridgehead atoms. The lowest BCUT2D eigenvalue weighted by atomic mass is 10.2. The van der Waals surface area contributed by atoms with E-state index in [1.807, 2.05) is 0 Å². The highest BCUT2D eigenvalue weighted by Crippen LogP contribution is 2.12. The smallest absolute Gasteiger partial charge is 0.258 e. The van der Waals surface area contributed by atoms with Crippen LogP contribution in [-0.2, 0) is 0 Å². The van der Waals surface area contributed by atoms with Gasteiger partial charge in [0, 0.05) is 12.1 Å². The lowest BCUT2D eigenvalue weighted by Crippen LogP contribution is -1.86. The summed E-state index contributed by atoms with van der Waals surface area (Å²) in [6.07, 6.45) is 0. The van der Waals surface area contributed by atoms with Crippen LogP contribution in [0.2, 0.25) is 0 Å². The normalized spacial score (nSPS) is 9.55. The molecule has 11 heavy (non-hydrogen) atoms. The fourth-order valence-corrected chi connectivity index (χ4v) is 0.669. The fourth-order valence-electron chi connectivity index (χ4n) is 0.669. The predicted molar refractivity (Wildman–Crippen MR) is 37.6 cm³/mol. The summed E-state index contributed by atoms with van der Waals surface area (Å²) >= 11 is 0. The molecule has 1 rings (SSSR count). The van der Waals surface area contributed by atoms with Crippen molar-refractivity contribution >= 4 is 5.69 Å². The van der Waals surface area contributed by atoms with Crippen LogP contribution < -0.4 is 0 Å². The molecule has 0 amide bonds. The minimum absolute atomic E-state index is 0.0319. The van der Waals surface area contributed by atoms with Crippen molar-refractivity contribution in [3.8, 4) is 0 Å². The zero-order valence-corrected chi connectivity index (χ0v) is 5.53. The third kappa shape index (κ3) is 1.73. The Labute approximate surface area is 62.6 Å². The molecule has 4 heteroatoms. The van der Waals surface area contributed by atoms with Gasteiger partial charge in [0.25, 0.3) is 5.69 Å². The first-order valence-corrected chi connectivity index (χ1v) is 2.92. The van der Waals surface area contributed by atoms with E-state index in [9.17, 15) is 14.5 Å². The van der Waals surface area contributed by atoms with Crippen molar-refractivity contribution in [1.29, 1.82) is 0 Å². The van der Waals surface area contributed by atoms with E-state index in [0.29, 0.717) is 12.2 Å². The van der Waals surface area contributed by atoms with E-state index >= 15 is 0 Å². The minimum atomic E-state index is -0.526. The SMILES string of the molecule is O=[N+]([O-])c1ccc([CH]F)cc1. The van der Waals surface area contributed by atoms with Crippen LogP contribution in [0.1, 0.15) is 5.56 Å². The standard InChI is InChI=1S/C7H5FNO2/c8-5-6-1-3-7(4-2-6)9(10)11/h1-5H. The molecule has 0 aliphatic carbocycles. The van der Waals surface area contributed by atoms with Gasteiger partial charge in [-0.3, -0.25) is 10.1 Å². The monoisotopic (exact) mass is 154 g/mol. The third-order valence-electron chi connectivity index (χ3n) is 1.23. The fraction of sp³-hybridized carbons (Fsp3) is 0. The summed E-state index contributed by atoms with van der Waals surface area (Å²) in [5, 5.41) is 10.1. The number of nitrogens with zero attached hydrogens (tertiary/aromatic N) is 1. The summed E-state index contributed by atoms with van der Waals surface area (Å²) < 4.78 is 11.8. The van der Waals surface area contributed by atoms with Gasteiger partial charge in [0.2, 0.25) is 0 Å². The van der Waals surface area contributed by atoms with Crippen molar-refractivity contribution in [3.63, 3.8) is 0 Å². The van der Waals surface area contributed by atoms with Crippen LogP contribution in [0.25, 0.3) is 0 Å². The number of non-ortho nitro benzene ring substituents is 1. The first-order chi connectivity index (χ1) is 5.24. The average Bonchev–Trinajstić information content (AvgIpc) is 2.05. The summed E-state index contributed by atoms with van der Waals surface area (Å²) in [5.74, 6) is 0. The second-order valence-electron chi connectivity index (χ2n) is 1.96. The number of rotatable bonds is 2. The van der Waals surface area contributed by atoms with Crippen LogP contribution in [0, 0.1) is 16.8 Å². The summed E-state index contributed by atoms with van der Waals surface area (Å²) in [5.41, 5.74) is 0.297. The van der Waals surface area contributed by atoms with Gasteiger partial charge in [-0.05, 0) is 17.7 Å². The maximum Gasteiger partial charge on any atom is 0.269 e. The van der Waals surface area contributed by atoms with E-state index < -0.39 is 4.92 Å². The second-order valence-corrected chi connectivity index (χ2v) is 1.96. The Hall–Kier alpha value is -1.45. The van der Waals surface area contributed by atoms with Gasteiger partial charge in [0.05, 0.1) is 4.92 Å². The number of hydrogen-bond acceptors (Lipinski definition) is 2. The first kappa shape index (κ1) is 7.65. The quantitative estimate of drug-likeness (QED) is 0.483. The number of nitro benzene ring substituents is 1. The van der Waals surface area contributed by atoms with Gasteiger partial charge >= 0.3 is 0 Å². The zero-order chi connectivity index (χ0) is 8.27. The Morgan fingerprint density at radius 3 is 2.27 bits per heavy atom. The van der Waals surface area contributed by atoms with E-state index in [1.165, 1.54) is 24.3 Å². The van der Waals surface area contributed by atoms with E-state index in [-0.39, 0.29) is 5.69 Å². The van der Waals surface area contributed by atoms with Crippen molar-refractivity contribution in [2.75, 3.05) is 0 Å². The Kier molecular flexibility index (Phi) is 2.15. The number of nitro groups is 1. The molecule has 0 spiro atoms. The zero-order valence-electron chi connectivity index (χ0n) is 5.53. The molecule has 0 aliphatic rings. The first-order valence-electron chi connectivity index (χ1n) is 2.92. The lowest BCUT2D eigenvalue weighted by molar-refractivity contribution is -0.384. The molecule has 0 N–H and O–H groups in total. The van der Waals surface area contributed by atoms with E-state index in [2.05, 4.69) is 0 Å². The molecule has 0 aliphatic heterocycles. The van der Waals surface area contributed by atoms with Crippen LogP contribution >= 0.6 is 0 Å². The molecule has 57 valence electrons. The van der Waals surface area contributed by atoms with Gasteiger partial charge in [0.1, 0.15) is 0 Å². The topological polar surface area (TPSA) is 43.1 Å². The van der Waals surface area contributed by atoms with E-state index in [4.69, 9.17) is 0 Å². The van der Waals surface area contributed by atoms with Gasteiger partial charge in [-0.15, -0.1) is 0 Å². The van der Waals surface area contributed by atoms with E-state index in [1.54, 1.807) is 0 Å². The molecule has 0 heterocycles. The van der Waals surface area contributed by atoms with Crippen molar-refractivity contribution in [3.05, 3.63) is 46.6 Å². The van der Waals surface area contributed by atoms with Crippen LogP contribution in [0.5, 0.6) is 0 Å². The molecule has 1 aromatic rings. The molecule has 0 aromatic heterocycles. The van der Waals surface area contributed by atoms with Gasteiger partial charge in [0.15, 0.2) is 6.67 Å². The van der Waals surface area contributed by atoms with Crippen LogP contribution in [0.4, 0.5) is 10.1 Å². The van der Waals surface area contributed by atoms with Crippen molar-refractivity contribution in [2.45, 2.75) is 0 Å². The molecule has 0 unspecified atom stereocenters. The number of hydrogen-bond donors (Lipinski definition) is 0. The van der Waals surface area contributed by atoms with E-state index in [0.717, 1.165) is 0 Å². The molecule has 1 aromatic carbocycles. The summed E-state index contributed by atoms with van der Waals surface area (Å²) in [6.45, 7) is 0.393. The molecule has 0 saturated heterocycles. The lowest BCUT2D eigenvalue weighted by Gasteiger charge is -1.91. The summed E-state index contributed by atoms with van der Waals surface area (Å²) in [7, 11) is 0. The predicted octanol–water partition coefficient (Wildman–Crippen LogP) is 2.07. The molecule has 0 saturated carbocycles. The average molecular weight is 154 g/mol. The number of halogens is 1. The van der Waals surface area contributed by atoms with Crippen LogP contribution in [0.3, 0.4) is 0 Å². The molecular weight excluding hydrogens is 149 g/mol.